The molecular formula is C15H21BrClN3O4S. The highest BCUT2D eigenvalue weighted by Crippen LogP contribution is 2.31. The van der Waals surface area contributed by atoms with Gasteiger partial charge in [0.1, 0.15) is 15.4 Å². The lowest BCUT2D eigenvalue weighted by molar-refractivity contribution is 0.0131. The molecule has 7 nitrogen and oxygen atoms in total. The highest BCUT2D eigenvalue weighted by Gasteiger charge is 2.37. The van der Waals surface area contributed by atoms with Crippen LogP contribution in [0, 0.1) is 0 Å². The van der Waals surface area contributed by atoms with Gasteiger partial charge in [0.25, 0.3) is 0 Å². The lowest BCUT2D eigenvalue weighted by Crippen LogP contribution is -2.52. The molecule has 0 unspecified atom stereocenters. The third-order valence-corrected chi connectivity index (χ3v) is 5.12. The summed E-state index contributed by atoms with van der Waals surface area (Å²) in [7, 11) is -4.63. The zero-order valence-corrected chi connectivity index (χ0v) is 17.2. The topological polar surface area (TPSA) is 79.8 Å². The van der Waals surface area contributed by atoms with Crippen LogP contribution in [0.15, 0.2) is 16.7 Å². The fraction of sp³-hybridized carbons (Fsp3) is 0.600. The van der Waals surface area contributed by atoms with E-state index in [9.17, 15) is 13.2 Å². The van der Waals surface area contributed by atoms with Crippen molar-refractivity contribution in [3.05, 3.63) is 27.5 Å². The summed E-state index contributed by atoms with van der Waals surface area (Å²) in [4.78, 5) is 17.8. The number of aromatic nitrogens is 1. The number of carbonyl (C=O) groups is 1. The minimum Gasteiger partial charge on any atom is -0.444 e. The van der Waals surface area contributed by atoms with E-state index in [1.165, 1.54) is 17.0 Å². The van der Waals surface area contributed by atoms with Crippen LogP contribution in [0.1, 0.15) is 36.5 Å². The molecular weight excluding hydrogens is 434 g/mol. The number of piperazine rings is 1. The fourth-order valence-electron chi connectivity index (χ4n) is 2.49. The van der Waals surface area contributed by atoms with Gasteiger partial charge in [-0.15, -0.1) is 0 Å². The van der Waals surface area contributed by atoms with E-state index in [-0.39, 0.29) is 24.8 Å². The molecule has 1 saturated heterocycles. The molecule has 25 heavy (non-hydrogen) atoms. The Morgan fingerprint density at radius 3 is 2.68 bits per heavy atom. The molecule has 1 amide bonds. The van der Waals surface area contributed by atoms with Crippen molar-refractivity contribution in [3.8, 4) is 0 Å². The summed E-state index contributed by atoms with van der Waals surface area (Å²) in [5, 5.41) is 0.102. The Morgan fingerprint density at radius 1 is 1.44 bits per heavy atom. The molecule has 0 saturated carbocycles. The number of amides is 1. The summed E-state index contributed by atoms with van der Waals surface area (Å²) in [5.74, 6) is 0. The molecule has 0 spiro atoms. The molecule has 2 rings (SSSR count). The maximum Gasteiger partial charge on any atom is 0.410 e. The molecule has 1 aliphatic rings. The summed E-state index contributed by atoms with van der Waals surface area (Å²) < 4.78 is 54.1. The molecule has 1 fully saturated rings. The fourth-order valence-corrected chi connectivity index (χ4v) is 4.11. The minimum atomic E-state index is -4.63. The number of nitrogens with zero attached hydrogens (tertiary/aromatic N) is 3. The molecule has 1 atom stereocenters. The van der Waals surface area contributed by atoms with Crippen LogP contribution < -0.4 is 0 Å². The van der Waals surface area contributed by atoms with Gasteiger partial charge in [0.05, 0.1) is 12.2 Å². The maximum atomic E-state index is 12.6. The average Bonchev–Trinajstić information content (AvgIpc) is 2.50. The average molecular weight is 458 g/mol. The van der Waals surface area contributed by atoms with Crippen molar-refractivity contribution in [2.75, 3.05) is 25.8 Å². The number of carbonyl (C=O) groups excluding carboxylic acids is 1. The van der Waals surface area contributed by atoms with Crippen LogP contribution in [-0.2, 0) is 14.8 Å². The van der Waals surface area contributed by atoms with Crippen molar-refractivity contribution in [2.45, 2.75) is 32.4 Å². The standard InChI is InChI=1S/C15H21BrClN3O4S/c1-15(2,3)24-14(21)19-5-6-20(25(4,22)23)11(9-19)10-7-12(16)18-13(17)8-10/h7-8,11H,5-6,9H2,1-4H3/t11-/m1/s1/i4D3. The van der Waals surface area contributed by atoms with E-state index in [2.05, 4.69) is 20.9 Å². The summed E-state index contributed by atoms with van der Waals surface area (Å²) >= 11 is 9.18. The van der Waals surface area contributed by atoms with E-state index < -0.39 is 33.9 Å². The Kier molecular flexibility index (Phi) is 4.81. The first-order valence-electron chi connectivity index (χ1n) is 8.94. The molecule has 0 aromatic carbocycles. The van der Waals surface area contributed by atoms with Gasteiger partial charge in [0.2, 0.25) is 10.0 Å². The predicted octanol–water partition coefficient (Wildman–Crippen LogP) is 3.05. The number of sulfonamides is 1. The normalized spacial score (nSPS) is 22.0. The zero-order chi connectivity index (χ0) is 21.5. The predicted molar refractivity (Wildman–Crippen MR) is 99.0 cm³/mol. The number of ether oxygens (including phenoxy) is 1. The second kappa shape index (κ2) is 7.38. The van der Waals surface area contributed by atoms with Crippen molar-refractivity contribution in [3.63, 3.8) is 0 Å². The van der Waals surface area contributed by atoms with Crippen molar-refractivity contribution in [2.24, 2.45) is 0 Å². The molecule has 0 radical (unpaired) electrons. The Hall–Kier alpha value is -0.900. The second-order valence-corrected chi connectivity index (χ2v) is 9.22. The second-order valence-electron chi connectivity index (χ2n) is 6.60. The highest BCUT2D eigenvalue weighted by atomic mass is 79.9. The smallest absolute Gasteiger partial charge is 0.410 e. The largest absolute Gasteiger partial charge is 0.444 e. The van der Waals surface area contributed by atoms with E-state index in [0.717, 1.165) is 4.31 Å². The Bertz CT molecular complexity index is 841. The molecule has 0 aliphatic carbocycles. The van der Waals surface area contributed by atoms with E-state index in [0.29, 0.717) is 10.2 Å². The van der Waals surface area contributed by atoms with Crippen LogP contribution in [0.2, 0.25) is 5.15 Å². The van der Waals surface area contributed by atoms with Crippen LogP contribution in [0.4, 0.5) is 4.79 Å². The first-order chi connectivity index (χ1) is 12.6. The zero-order valence-electron chi connectivity index (χ0n) is 17.0. The Morgan fingerprint density at radius 2 is 2.12 bits per heavy atom. The third-order valence-electron chi connectivity index (χ3n) is 3.46. The summed E-state index contributed by atoms with van der Waals surface area (Å²) in [5.41, 5.74) is -0.315. The van der Waals surface area contributed by atoms with Crippen LogP contribution in [0.25, 0.3) is 0 Å². The molecule has 0 bridgehead atoms. The lowest BCUT2D eigenvalue weighted by Gasteiger charge is -2.40. The molecule has 140 valence electrons. The van der Waals surface area contributed by atoms with Crippen molar-refractivity contribution in [1.82, 2.24) is 14.2 Å². The Balaban J connectivity index is 2.44. The van der Waals surface area contributed by atoms with Gasteiger partial charge >= 0.3 is 6.09 Å². The van der Waals surface area contributed by atoms with Crippen LogP contribution in [0.5, 0.6) is 0 Å². The molecule has 1 aliphatic heterocycles. The van der Waals surface area contributed by atoms with Crippen LogP contribution in [0.3, 0.4) is 0 Å². The molecule has 1 aromatic heterocycles. The number of pyridine rings is 1. The first-order valence-corrected chi connectivity index (χ1v) is 10.1. The molecule has 10 heteroatoms. The molecule has 2 heterocycles. The van der Waals surface area contributed by atoms with Gasteiger partial charge in [-0.25, -0.2) is 18.2 Å². The molecule has 1 aromatic rings. The summed E-state index contributed by atoms with van der Waals surface area (Å²) in [6, 6.07) is 2.03. The highest BCUT2D eigenvalue weighted by molar-refractivity contribution is 9.10. The molecule has 0 N–H and O–H groups in total. The van der Waals surface area contributed by atoms with E-state index in [1.807, 2.05) is 0 Å². The monoisotopic (exact) mass is 456 g/mol. The van der Waals surface area contributed by atoms with E-state index >= 15 is 0 Å². The van der Waals surface area contributed by atoms with Crippen LogP contribution in [-0.4, -0.2) is 60.1 Å². The van der Waals surface area contributed by atoms with Gasteiger partial charge in [-0.3, -0.25) is 0 Å². The first kappa shape index (κ1) is 16.3. The third kappa shape index (κ3) is 5.54. The van der Waals surface area contributed by atoms with Gasteiger partial charge in [-0.2, -0.15) is 4.31 Å². The van der Waals surface area contributed by atoms with Gasteiger partial charge in [0, 0.05) is 23.7 Å². The van der Waals surface area contributed by atoms with Gasteiger partial charge < -0.3 is 9.64 Å². The quantitative estimate of drug-likeness (QED) is 0.638. The Labute approximate surface area is 165 Å². The van der Waals surface area contributed by atoms with Gasteiger partial charge in [-0.05, 0) is 54.4 Å². The summed E-state index contributed by atoms with van der Waals surface area (Å²) in [6.45, 7) is 4.88. The van der Waals surface area contributed by atoms with Crippen molar-refractivity contribution in [1.29, 1.82) is 0 Å². The van der Waals surface area contributed by atoms with Gasteiger partial charge in [-0.1, -0.05) is 11.6 Å². The lowest BCUT2D eigenvalue weighted by atomic mass is 10.1. The van der Waals surface area contributed by atoms with Crippen molar-refractivity contribution < 1.29 is 22.1 Å². The summed E-state index contributed by atoms with van der Waals surface area (Å²) in [6.07, 6.45) is -3.84. The SMILES string of the molecule is [2H]C([2H])([2H])S(=O)(=O)N1CCN(C(=O)OC(C)(C)C)C[C@@H]1c1cc(Cl)nc(Br)c1. The van der Waals surface area contributed by atoms with Crippen molar-refractivity contribution >= 4 is 43.6 Å². The number of rotatable bonds is 2. The van der Waals surface area contributed by atoms with Crippen LogP contribution >= 0.6 is 27.5 Å². The van der Waals surface area contributed by atoms with E-state index in [1.54, 1.807) is 20.8 Å². The van der Waals surface area contributed by atoms with Gasteiger partial charge in [0.15, 0.2) is 0 Å². The van der Waals surface area contributed by atoms with E-state index in [4.69, 9.17) is 20.5 Å². The number of halogens is 2. The number of hydrogen-bond acceptors (Lipinski definition) is 5. The number of hydrogen-bond donors (Lipinski definition) is 0. The minimum absolute atomic E-state index is 0.000703. The maximum absolute atomic E-state index is 12.6.